The number of aliphatic hydroxyl groups excluding tert-OH is 7. The average molecular weight is 943 g/mol. The van der Waals surface area contributed by atoms with E-state index < -0.39 is 99.3 Å². The van der Waals surface area contributed by atoms with Gasteiger partial charge in [-0.2, -0.15) is 0 Å². The van der Waals surface area contributed by atoms with Crippen molar-refractivity contribution in [1.82, 2.24) is 0 Å². The first kappa shape index (κ1) is 59.8. The summed E-state index contributed by atoms with van der Waals surface area (Å²) in [6.07, 6.45) is 23.9. The predicted octanol–water partition coefficient (Wildman–Crippen LogP) is 6.93. The van der Waals surface area contributed by atoms with Crippen LogP contribution in [0.1, 0.15) is 181 Å². The quantitative estimate of drug-likeness (QED) is 0.0109. The normalized spacial score (nSPS) is 26.4. The molecule has 2 heterocycles. The molecule has 0 aromatic rings. The summed E-state index contributed by atoms with van der Waals surface area (Å²) < 4.78 is 33.3. The molecule has 2 aliphatic rings. The molecule has 2 fully saturated rings. The molecule has 0 saturated carbocycles. The van der Waals surface area contributed by atoms with Gasteiger partial charge in [-0.05, 0) is 32.1 Å². The van der Waals surface area contributed by atoms with E-state index in [2.05, 4.69) is 19.9 Å². The Morgan fingerprint density at radius 2 is 0.970 bits per heavy atom. The molecule has 0 radical (unpaired) electrons. The molecule has 2 aliphatic heterocycles. The Morgan fingerprint density at radius 3 is 1.50 bits per heavy atom. The highest BCUT2D eigenvalue weighted by molar-refractivity contribution is 5.82. The standard InChI is InChI=1S/C51H90O15/c1-3-5-7-9-11-13-15-17-19-21-23-25-27-29-31-33-42(53)61-36-39(64-43(54)34-32-30-28-26-24-22-20-18-16-14-12-10-8-6-4-2)37-62-50-49(60)47(58)45(56)41(66-50)38-63-51-48(59)46(57)44(55)40(35-52)65-51/h27-30,32,34,39-41,44-52,55-60H,3-26,31,33,35-38H2,1-2H3/b29-27+,30-28+,34-32+/t39-,40-,41-,44+,45+,46?,47?,48?,49?,50-,51-/m1/s1. The van der Waals surface area contributed by atoms with Crippen LogP contribution in [0.15, 0.2) is 36.5 Å². The minimum Gasteiger partial charge on any atom is -0.462 e. The summed E-state index contributed by atoms with van der Waals surface area (Å²) in [5, 5.41) is 72.0. The highest BCUT2D eigenvalue weighted by atomic mass is 16.7. The molecule has 0 aromatic carbocycles. The van der Waals surface area contributed by atoms with Gasteiger partial charge in [0.25, 0.3) is 0 Å². The van der Waals surface area contributed by atoms with Crippen LogP contribution in [0.2, 0.25) is 0 Å². The average Bonchev–Trinajstić information content (AvgIpc) is 3.31. The molecule has 0 aromatic heterocycles. The molecule has 7 N–H and O–H groups in total. The second-order valence-electron chi connectivity index (χ2n) is 18.1. The third-order valence-electron chi connectivity index (χ3n) is 12.2. The lowest BCUT2D eigenvalue weighted by Gasteiger charge is -2.42. The molecule has 4 unspecified atom stereocenters. The topological polar surface area (TPSA) is 231 Å². The largest absolute Gasteiger partial charge is 0.462 e. The molecule has 0 aliphatic carbocycles. The van der Waals surface area contributed by atoms with Gasteiger partial charge in [-0.1, -0.05) is 173 Å². The van der Waals surface area contributed by atoms with E-state index in [9.17, 15) is 45.3 Å². The van der Waals surface area contributed by atoms with Gasteiger partial charge in [0.05, 0.1) is 19.8 Å². The van der Waals surface area contributed by atoms with Crippen molar-refractivity contribution in [3.05, 3.63) is 36.5 Å². The fourth-order valence-electron chi connectivity index (χ4n) is 7.97. The van der Waals surface area contributed by atoms with Crippen LogP contribution in [0.3, 0.4) is 0 Å². The highest BCUT2D eigenvalue weighted by Gasteiger charge is 2.47. The van der Waals surface area contributed by atoms with Crippen LogP contribution >= 0.6 is 0 Å². The Labute approximate surface area is 395 Å². The van der Waals surface area contributed by atoms with Crippen LogP contribution in [-0.2, 0) is 38.0 Å². The van der Waals surface area contributed by atoms with E-state index in [1.54, 1.807) is 12.2 Å². The zero-order valence-corrected chi connectivity index (χ0v) is 40.4. The maximum atomic E-state index is 12.9. The number of rotatable bonds is 39. The number of carbonyl (C=O) groups excluding carboxylic acids is 2. The predicted molar refractivity (Wildman–Crippen MR) is 252 cm³/mol. The summed E-state index contributed by atoms with van der Waals surface area (Å²) in [4.78, 5) is 25.6. The van der Waals surface area contributed by atoms with Crippen LogP contribution in [0.4, 0.5) is 0 Å². The van der Waals surface area contributed by atoms with Crippen molar-refractivity contribution in [2.45, 2.75) is 248 Å². The van der Waals surface area contributed by atoms with Crippen LogP contribution in [0.5, 0.6) is 0 Å². The Balaban J connectivity index is 1.86. The number of unbranched alkanes of at least 4 members (excludes halogenated alkanes) is 22. The molecule has 15 heteroatoms. The van der Waals surface area contributed by atoms with E-state index >= 15 is 0 Å². The molecule has 11 atom stereocenters. The zero-order valence-electron chi connectivity index (χ0n) is 40.4. The molecule has 2 rings (SSSR count). The first-order valence-corrected chi connectivity index (χ1v) is 25.6. The highest BCUT2D eigenvalue weighted by Crippen LogP contribution is 2.26. The molecule has 66 heavy (non-hydrogen) atoms. The van der Waals surface area contributed by atoms with Crippen LogP contribution in [-0.4, -0.2) is 142 Å². The van der Waals surface area contributed by atoms with Gasteiger partial charge < -0.3 is 64.2 Å². The fourth-order valence-corrected chi connectivity index (χ4v) is 7.97. The van der Waals surface area contributed by atoms with Crippen molar-refractivity contribution < 1.29 is 73.8 Å². The molecule has 384 valence electrons. The van der Waals surface area contributed by atoms with Crippen molar-refractivity contribution in [1.29, 1.82) is 0 Å². The molecule has 0 spiro atoms. The summed E-state index contributed by atoms with van der Waals surface area (Å²) >= 11 is 0. The number of hydrogen-bond acceptors (Lipinski definition) is 15. The van der Waals surface area contributed by atoms with Crippen molar-refractivity contribution >= 4 is 11.9 Å². The Hall–Kier alpha value is -2.28. The number of aliphatic hydroxyl groups is 7. The first-order valence-electron chi connectivity index (χ1n) is 25.6. The summed E-state index contributed by atoms with van der Waals surface area (Å²) in [5.74, 6) is -1.23. The monoisotopic (exact) mass is 943 g/mol. The second-order valence-corrected chi connectivity index (χ2v) is 18.1. The zero-order chi connectivity index (χ0) is 48.2. The van der Waals surface area contributed by atoms with Crippen LogP contribution in [0.25, 0.3) is 0 Å². The Morgan fingerprint density at radius 1 is 0.515 bits per heavy atom. The molecular weight excluding hydrogens is 853 g/mol. The molecule has 15 nitrogen and oxygen atoms in total. The van der Waals surface area contributed by atoms with E-state index in [1.807, 2.05) is 12.2 Å². The van der Waals surface area contributed by atoms with Gasteiger partial charge in [-0.3, -0.25) is 4.79 Å². The van der Waals surface area contributed by atoms with Crippen molar-refractivity contribution in [3.63, 3.8) is 0 Å². The van der Waals surface area contributed by atoms with Gasteiger partial charge in [0.2, 0.25) is 0 Å². The van der Waals surface area contributed by atoms with E-state index in [4.69, 9.17) is 28.4 Å². The van der Waals surface area contributed by atoms with E-state index in [0.717, 1.165) is 32.1 Å². The number of hydrogen-bond donors (Lipinski definition) is 7. The minimum absolute atomic E-state index is 0.116. The summed E-state index contributed by atoms with van der Waals surface area (Å²) in [7, 11) is 0. The number of ether oxygens (including phenoxy) is 6. The SMILES string of the molecule is CCCCCCCCCCCCC/C=C/C=C/C(=O)O[C@H](COC(=O)CC/C=C/CCCCCCCCCCCCC)CO[C@@H]1O[C@H](CO[C@@H]2O[C@H](CO)[C@H](O)C(O)C2O)[C@H](O)C(O)C1O. The molecule has 0 bridgehead atoms. The number of allylic oxidation sites excluding steroid dienone is 5. The lowest BCUT2D eigenvalue weighted by Crippen LogP contribution is -2.61. The van der Waals surface area contributed by atoms with Crippen molar-refractivity contribution in [2.75, 3.05) is 26.4 Å². The van der Waals surface area contributed by atoms with E-state index in [-0.39, 0.29) is 13.0 Å². The second kappa shape index (κ2) is 38.6. The van der Waals surface area contributed by atoms with Gasteiger partial charge in [0, 0.05) is 12.5 Å². The summed E-state index contributed by atoms with van der Waals surface area (Å²) in [6.45, 7) is 2.44. The lowest BCUT2D eigenvalue weighted by atomic mass is 9.98. The van der Waals surface area contributed by atoms with Gasteiger partial charge in [-0.25, -0.2) is 4.79 Å². The van der Waals surface area contributed by atoms with E-state index in [1.165, 1.54) is 128 Å². The van der Waals surface area contributed by atoms with E-state index in [0.29, 0.717) is 6.42 Å². The number of carbonyl (C=O) groups is 2. The summed E-state index contributed by atoms with van der Waals surface area (Å²) in [5.41, 5.74) is 0. The Kier molecular flexibility index (Phi) is 35.0. The fraction of sp³-hybridized carbons (Fsp3) is 0.843. The van der Waals surface area contributed by atoms with Crippen molar-refractivity contribution in [2.24, 2.45) is 0 Å². The molecular formula is C51H90O15. The molecule has 0 amide bonds. The van der Waals surface area contributed by atoms with Gasteiger partial charge in [0.15, 0.2) is 18.7 Å². The smallest absolute Gasteiger partial charge is 0.331 e. The summed E-state index contributed by atoms with van der Waals surface area (Å²) in [6, 6.07) is 0. The van der Waals surface area contributed by atoms with Gasteiger partial charge in [0.1, 0.15) is 55.4 Å². The lowest BCUT2D eigenvalue weighted by molar-refractivity contribution is -0.332. The van der Waals surface area contributed by atoms with Gasteiger partial charge in [-0.15, -0.1) is 0 Å². The Bertz CT molecular complexity index is 1290. The maximum absolute atomic E-state index is 12.9. The molecule has 2 saturated heterocycles. The number of esters is 2. The maximum Gasteiger partial charge on any atom is 0.331 e. The van der Waals surface area contributed by atoms with Crippen LogP contribution in [0, 0.1) is 0 Å². The first-order chi connectivity index (χ1) is 32.0. The van der Waals surface area contributed by atoms with Gasteiger partial charge >= 0.3 is 11.9 Å². The third-order valence-corrected chi connectivity index (χ3v) is 12.2. The third kappa shape index (κ3) is 26.5. The van der Waals surface area contributed by atoms with Crippen molar-refractivity contribution in [3.8, 4) is 0 Å². The van der Waals surface area contributed by atoms with Crippen LogP contribution < -0.4 is 0 Å². The minimum atomic E-state index is -1.78.